The van der Waals surface area contributed by atoms with Gasteiger partial charge in [-0.15, -0.1) is 11.3 Å². The van der Waals surface area contributed by atoms with Gasteiger partial charge >= 0.3 is 5.97 Å². The van der Waals surface area contributed by atoms with Gasteiger partial charge in [0.1, 0.15) is 10.6 Å². The highest BCUT2D eigenvalue weighted by Crippen LogP contribution is 2.45. The molecule has 1 atom stereocenters. The molecule has 1 spiro atoms. The van der Waals surface area contributed by atoms with E-state index in [1.54, 1.807) is 23.7 Å². The third kappa shape index (κ3) is 3.35. The molecule has 0 aromatic carbocycles. The number of nitrogens with one attached hydrogen (secondary N) is 1. The first-order valence-electron chi connectivity index (χ1n) is 9.01. The van der Waals surface area contributed by atoms with Crippen LogP contribution in [0, 0.1) is 5.92 Å². The number of rotatable bonds is 5. The maximum Gasteiger partial charge on any atom is 0.307 e. The molecule has 2 aromatic heterocycles. The highest BCUT2D eigenvalue weighted by molar-refractivity contribution is 7.13. The molecule has 0 bridgehead atoms. The topological polar surface area (TPSA) is 81.2 Å². The summed E-state index contributed by atoms with van der Waals surface area (Å²) < 4.78 is 5.54. The molecule has 2 aromatic rings. The van der Waals surface area contributed by atoms with Crippen molar-refractivity contribution < 1.29 is 14.3 Å². The standard InChI is InChI=1S/C19H21N3O3S/c23-16-11-15(19(25-16)6-1-2-7-19)17(24)21-10-5-14-12-26-18(22-14)13-3-8-20-9-4-13/h3-4,8-9,12,15H,1-2,5-7,10-11H2,(H,21,24). The minimum absolute atomic E-state index is 0.0673. The number of nitrogens with zero attached hydrogens (tertiary/aromatic N) is 2. The van der Waals surface area contributed by atoms with E-state index in [1.807, 2.05) is 17.5 Å². The summed E-state index contributed by atoms with van der Waals surface area (Å²) in [5.74, 6) is -0.656. The fourth-order valence-corrected chi connectivity index (χ4v) is 4.79. The molecule has 7 heteroatoms. The largest absolute Gasteiger partial charge is 0.458 e. The number of pyridine rings is 1. The number of thiazole rings is 1. The van der Waals surface area contributed by atoms with Crippen LogP contribution in [0.25, 0.3) is 10.6 Å². The molecular weight excluding hydrogens is 350 g/mol. The number of ether oxygens (including phenoxy) is 1. The Balaban J connectivity index is 1.33. The van der Waals surface area contributed by atoms with Crippen molar-refractivity contribution >= 4 is 23.2 Å². The third-order valence-electron chi connectivity index (χ3n) is 5.25. The summed E-state index contributed by atoms with van der Waals surface area (Å²) in [5, 5.41) is 5.95. The lowest BCUT2D eigenvalue weighted by molar-refractivity contribution is -0.149. The first-order valence-corrected chi connectivity index (χ1v) is 9.89. The Kier molecular flexibility index (Phi) is 4.72. The van der Waals surface area contributed by atoms with E-state index >= 15 is 0 Å². The fraction of sp³-hybridized carbons (Fsp3) is 0.474. The van der Waals surface area contributed by atoms with Crippen LogP contribution in [0.15, 0.2) is 29.9 Å². The van der Waals surface area contributed by atoms with Crippen molar-refractivity contribution in [2.45, 2.75) is 44.1 Å². The van der Waals surface area contributed by atoms with Gasteiger partial charge in [0.15, 0.2) is 0 Å². The van der Waals surface area contributed by atoms with Crippen molar-refractivity contribution in [3.8, 4) is 10.6 Å². The van der Waals surface area contributed by atoms with Crippen molar-refractivity contribution in [2.24, 2.45) is 5.92 Å². The molecular formula is C19H21N3O3S. The molecule has 1 aliphatic carbocycles. The number of amides is 1. The lowest BCUT2D eigenvalue weighted by Crippen LogP contribution is -2.43. The van der Waals surface area contributed by atoms with Gasteiger partial charge in [-0.05, 0) is 37.8 Å². The minimum Gasteiger partial charge on any atom is -0.458 e. The monoisotopic (exact) mass is 371 g/mol. The molecule has 1 amide bonds. The number of aromatic nitrogens is 2. The summed E-state index contributed by atoms with van der Waals surface area (Å²) >= 11 is 1.59. The lowest BCUT2D eigenvalue weighted by atomic mass is 9.85. The number of carbonyl (C=O) groups excluding carboxylic acids is 2. The maximum absolute atomic E-state index is 12.6. The smallest absolute Gasteiger partial charge is 0.307 e. The van der Waals surface area contributed by atoms with Gasteiger partial charge in [-0.25, -0.2) is 4.98 Å². The molecule has 26 heavy (non-hydrogen) atoms. The van der Waals surface area contributed by atoms with E-state index in [9.17, 15) is 9.59 Å². The second kappa shape index (κ2) is 7.15. The molecule has 1 unspecified atom stereocenters. The first kappa shape index (κ1) is 17.1. The van der Waals surface area contributed by atoms with Crippen LogP contribution in [0.4, 0.5) is 0 Å². The number of esters is 1. The van der Waals surface area contributed by atoms with Crippen LogP contribution in [0.5, 0.6) is 0 Å². The van der Waals surface area contributed by atoms with E-state index in [4.69, 9.17) is 4.74 Å². The van der Waals surface area contributed by atoms with Gasteiger partial charge < -0.3 is 10.1 Å². The number of carbonyl (C=O) groups is 2. The predicted octanol–water partition coefficient (Wildman–Crippen LogP) is 2.74. The Morgan fingerprint density at radius 1 is 1.31 bits per heavy atom. The highest BCUT2D eigenvalue weighted by Gasteiger charge is 2.53. The van der Waals surface area contributed by atoms with Gasteiger partial charge in [0.2, 0.25) is 5.91 Å². The van der Waals surface area contributed by atoms with Gasteiger partial charge in [-0.1, -0.05) is 0 Å². The molecule has 1 saturated carbocycles. The van der Waals surface area contributed by atoms with Crippen molar-refractivity contribution in [2.75, 3.05) is 6.54 Å². The minimum atomic E-state index is -0.545. The second-order valence-electron chi connectivity index (χ2n) is 6.92. The number of hydrogen-bond acceptors (Lipinski definition) is 6. The quantitative estimate of drug-likeness (QED) is 0.818. The molecule has 4 rings (SSSR count). The van der Waals surface area contributed by atoms with Crippen molar-refractivity contribution in [1.82, 2.24) is 15.3 Å². The molecule has 1 N–H and O–H groups in total. The Labute approximate surface area is 156 Å². The Bertz CT molecular complexity index is 799. The summed E-state index contributed by atoms with van der Waals surface area (Å²) in [5.41, 5.74) is 1.46. The molecule has 2 fully saturated rings. The highest BCUT2D eigenvalue weighted by atomic mass is 32.1. The summed E-state index contributed by atoms with van der Waals surface area (Å²) in [6.07, 6.45) is 8.02. The van der Waals surface area contributed by atoms with Crippen LogP contribution in [0.2, 0.25) is 0 Å². The average Bonchev–Trinajstić information content (AvgIpc) is 3.37. The van der Waals surface area contributed by atoms with Crippen molar-refractivity contribution in [3.05, 3.63) is 35.6 Å². The van der Waals surface area contributed by atoms with Crippen LogP contribution >= 0.6 is 11.3 Å². The van der Waals surface area contributed by atoms with Crippen molar-refractivity contribution in [1.29, 1.82) is 0 Å². The Morgan fingerprint density at radius 2 is 2.08 bits per heavy atom. The van der Waals surface area contributed by atoms with Crippen LogP contribution < -0.4 is 5.32 Å². The van der Waals surface area contributed by atoms with Crippen LogP contribution in [0.3, 0.4) is 0 Å². The summed E-state index contributed by atoms with van der Waals surface area (Å²) in [6, 6.07) is 3.87. The van der Waals surface area contributed by atoms with Gasteiger partial charge in [0.25, 0.3) is 0 Å². The molecule has 1 saturated heterocycles. The summed E-state index contributed by atoms with van der Waals surface area (Å²) in [4.78, 5) is 33.0. The zero-order chi connectivity index (χ0) is 18.0. The Morgan fingerprint density at radius 3 is 2.85 bits per heavy atom. The third-order valence-corrected chi connectivity index (χ3v) is 6.19. The summed E-state index contributed by atoms with van der Waals surface area (Å²) in [7, 11) is 0. The fourth-order valence-electron chi connectivity index (χ4n) is 3.93. The van der Waals surface area contributed by atoms with Crippen molar-refractivity contribution in [3.63, 3.8) is 0 Å². The first-order chi connectivity index (χ1) is 12.7. The van der Waals surface area contributed by atoms with E-state index in [2.05, 4.69) is 15.3 Å². The normalized spacial score (nSPS) is 21.1. The maximum atomic E-state index is 12.6. The second-order valence-corrected chi connectivity index (χ2v) is 7.78. The van der Waals surface area contributed by atoms with Crippen LogP contribution in [-0.4, -0.2) is 34.0 Å². The van der Waals surface area contributed by atoms with Gasteiger partial charge in [-0.3, -0.25) is 14.6 Å². The van der Waals surface area contributed by atoms with Gasteiger partial charge in [-0.2, -0.15) is 0 Å². The zero-order valence-electron chi connectivity index (χ0n) is 14.4. The number of hydrogen-bond donors (Lipinski definition) is 1. The molecule has 3 heterocycles. The van der Waals surface area contributed by atoms with E-state index < -0.39 is 5.60 Å². The Hall–Kier alpha value is -2.28. The zero-order valence-corrected chi connectivity index (χ0v) is 15.3. The van der Waals surface area contributed by atoms with Crippen LogP contribution in [-0.2, 0) is 20.7 Å². The molecule has 1 aliphatic heterocycles. The van der Waals surface area contributed by atoms with Gasteiger partial charge in [0.05, 0.1) is 18.0 Å². The molecule has 2 aliphatic rings. The average molecular weight is 371 g/mol. The van der Waals surface area contributed by atoms with Gasteiger partial charge in [0, 0.05) is 36.3 Å². The molecule has 136 valence electrons. The summed E-state index contributed by atoms with van der Waals surface area (Å²) in [6.45, 7) is 0.513. The van der Waals surface area contributed by atoms with E-state index in [0.29, 0.717) is 13.0 Å². The SMILES string of the molecule is O=C1CC(C(=O)NCCc2csc(-c3ccncc3)n2)C2(CCCC2)O1. The molecule has 0 radical (unpaired) electrons. The molecule has 6 nitrogen and oxygen atoms in total. The van der Waals surface area contributed by atoms with E-state index in [1.165, 1.54) is 0 Å². The van der Waals surface area contributed by atoms with Crippen LogP contribution in [0.1, 0.15) is 37.8 Å². The van der Waals surface area contributed by atoms with E-state index in [0.717, 1.165) is 41.9 Å². The van der Waals surface area contributed by atoms with E-state index in [-0.39, 0.29) is 24.2 Å². The lowest BCUT2D eigenvalue weighted by Gasteiger charge is -2.27. The predicted molar refractivity (Wildman–Crippen MR) is 97.5 cm³/mol.